The molecule has 0 radical (unpaired) electrons. The summed E-state index contributed by atoms with van der Waals surface area (Å²) in [6, 6.07) is 13.0. The van der Waals surface area contributed by atoms with Crippen LogP contribution in [0.3, 0.4) is 0 Å². The van der Waals surface area contributed by atoms with Crippen LogP contribution in [0.4, 0.5) is 5.69 Å². The number of carbonyl (C=O) groups excluding carboxylic acids is 3. The Bertz CT molecular complexity index is 1100. The highest BCUT2D eigenvalue weighted by Gasteiger charge is 2.64. The lowest BCUT2D eigenvalue weighted by molar-refractivity contribution is -0.129. The van der Waals surface area contributed by atoms with E-state index in [2.05, 4.69) is 6.07 Å². The van der Waals surface area contributed by atoms with Crippen LogP contribution in [0.25, 0.3) is 0 Å². The Hall–Kier alpha value is -3.05. The predicted molar refractivity (Wildman–Crippen MR) is 114 cm³/mol. The first-order valence-electron chi connectivity index (χ1n) is 10.4. The highest BCUT2D eigenvalue weighted by molar-refractivity contribution is 6.25. The number of amides is 2. The molecule has 4 unspecified atom stereocenters. The van der Waals surface area contributed by atoms with Gasteiger partial charge in [0.25, 0.3) is 0 Å². The molecule has 0 saturated carbocycles. The van der Waals surface area contributed by atoms with Gasteiger partial charge in [0.2, 0.25) is 11.8 Å². The smallest absolute Gasteiger partial charge is 0.239 e. The third-order valence-corrected chi connectivity index (χ3v) is 6.71. The van der Waals surface area contributed by atoms with Crippen molar-refractivity contribution in [2.75, 3.05) is 4.90 Å². The lowest BCUT2D eigenvalue weighted by atomic mass is 9.90. The zero-order valence-corrected chi connectivity index (χ0v) is 17.3. The van der Waals surface area contributed by atoms with Gasteiger partial charge in [-0.2, -0.15) is 0 Å². The molecular weight excluding hydrogens is 376 g/mol. The SMILES string of the molecule is Cc1cccc(CN2C3C=CC(=O)C2C2C(=O)N(c4c(C)cccc4C)C(=O)C23)c1. The summed E-state index contributed by atoms with van der Waals surface area (Å²) >= 11 is 0. The van der Waals surface area contributed by atoms with Gasteiger partial charge < -0.3 is 0 Å². The molecule has 0 aliphatic carbocycles. The van der Waals surface area contributed by atoms with E-state index in [0.717, 1.165) is 22.3 Å². The molecule has 5 heteroatoms. The second kappa shape index (κ2) is 6.74. The van der Waals surface area contributed by atoms with Gasteiger partial charge >= 0.3 is 0 Å². The molecule has 0 N–H and O–H groups in total. The van der Waals surface area contributed by atoms with Gasteiger partial charge in [0.15, 0.2) is 5.78 Å². The number of aryl methyl sites for hydroxylation is 3. The maximum absolute atomic E-state index is 13.5. The summed E-state index contributed by atoms with van der Waals surface area (Å²) in [5, 5.41) is 0. The Labute approximate surface area is 176 Å². The van der Waals surface area contributed by atoms with E-state index in [4.69, 9.17) is 0 Å². The number of benzene rings is 2. The first-order chi connectivity index (χ1) is 14.4. The van der Waals surface area contributed by atoms with Gasteiger partial charge in [-0.05, 0) is 43.5 Å². The number of para-hydroxylation sites is 1. The van der Waals surface area contributed by atoms with Gasteiger partial charge in [0.05, 0.1) is 23.6 Å². The average Bonchev–Trinajstić information content (AvgIpc) is 3.07. The Kier molecular flexibility index (Phi) is 4.26. The number of hydrogen-bond acceptors (Lipinski definition) is 4. The molecule has 2 amide bonds. The molecule has 3 aliphatic rings. The summed E-state index contributed by atoms with van der Waals surface area (Å²) < 4.78 is 0. The first-order valence-corrected chi connectivity index (χ1v) is 10.4. The number of carbonyl (C=O) groups is 3. The van der Waals surface area contributed by atoms with Crippen LogP contribution in [0, 0.1) is 32.6 Å². The van der Waals surface area contributed by atoms with Crippen molar-refractivity contribution in [1.82, 2.24) is 4.90 Å². The molecule has 30 heavy (non-hydrogen) atoms. The highest BCUT2D eigenvalue weighted by atomic mass is 16.2. The monoisotopic (exact) mass is 400 g/mol. The topological polar surface area (TPSA) is 57.7 Å². The van der Waals surface area contributed by atoms with Gasteiger partial charge in [0, 0.05) is 12.6 Å². The highest BCUT2D eigenvalue weighted by Crippen LogP contribution is 2.48. The van der Waals surface area contributed by atoms with Gasteiger partial charge in [-0.25, -0.2) is 4.90 Å². The fourth-order valence-corrected chi connectivity index (χ4v) is 5.47. The minimum atomic E-state index is -0.631. The minimum Gasteiger partial charge on any atom is -0.293 e. The van der Waals surface area contributed by atoms with Crippen LogP contribution in [0.1, 0.15) is 22.3 Å². The molecule has 5 nitrogen and oxygen atoms in total. The molecule has 2 aromatic rings. The summed E-state index contributed by atoms with van der Waals surface area (Å²) in [7, 11) is 0. The molecule has 2 aromatic carbocycles. The molecule has 2 bridgehead atoms. The van der Waals surface area contributed by atoms with E-state index in [0.29, 0.717) is 12.2 Å². The maximum atomic E-state index is 13.5. The number of fused-ring (bicyclic) bond motifs is 5. The summed E-state index contributed by atoms with van der Waals surface area (Å²) in [6.45, 7) is 6.40. The Morgan fingerprint density at radius 3 is 2.23 bits per heavy atom. The summed E-state index contributed by atoms with van der Waals surface area (Å²) in [6.07, 6.45) is 3.38. The fourth-order valence-electron chi connectivity index (χ4n) is 5.47. The van der Waals surface area contributed by atoms with Crippen LogP contribution in [0.5, 0.6) is 0 Å². The number of imide groups is 1. The standard InChI is InChI=1S/C25H24N2O3/c1-14-6-4-9-17(12-14)13-26-18-10-11-19(28)23(26)21-20(18)24(29)27(25(21)30)22-15(2)7-5-8-16(22)3/h4-12,18,20-21,23H,13H2,1-3H3. The van der Waals surface area contributed by atoms with E-state index in [1.807, 2.05) is 68.1 Å². The third kappa shape index (κ3) is 2.62. The van der Waals surface area contributed by atoms with Crippen molar-refractivity contribution in [3.63, 3.8) is 0 Å². The molecule has 0 spiro atoms. The van der Waals surface area contributed by atoms with E-state index in [1.54, 1.807) is 6.08 Å². The zero-order valence-electron chi connectivity index (χ0n) is 17.3. The second-order valence-electron chi connectivity index (χ2n) is 8.66. The van der Waals surface area contributed by atoms with Gasteiger partial charge in [-0.3, -0.25) is 19.3 Å². The van der Waals surface area contributed by atoms with Crippen LogP contribution in [0.2, 0.25) is 0 Å². The summed E-state index contributed by atoms with van der Waals surface area (Å²) in [5.74, 6) is -1.68. The van der Waals surface area contributed by atoms with Crippen molar-refractivity contribution >= 4 is 23.3 Å². The van der Waals surface area contributed by atoms with Crippen LogP contribution >= 0.6 is 0 Å². The molecule has 0 aromatic heterocycles. The summed E-state index contributed by atoms with van der Waals surface area (Å²) in [4.78, 5) is 43.3. The van der Waals surface area contributed by atoms with Crippen molar-refractivity contribution in [1.29, 1.82) is 0 Å². The maximum Gasteiger partial charge on any atom is 0.239 e. The van der Waals surface area contributed by atoms with Crippen LogP contribution < -0.4 is 4.90 Å². The average molecular weight is 400 g/mol. The van der Waals surface area contributed by atoms with Crippen molar-refractivity contribution in [3.8, 4) is 0 Å². The van der Waals surface area contributed by atoms with E-state index in [9.17, 15) is 14.4 Å². The predicted octanol–water partition coefficient (Wildman–Crippen LogP) is 3.11. The number of anilines is 1. The molecule has 2 saturated heterocycles. The molecule has 4 atom stereocenters. The van der Waals surface area contributed by atoms with Crippen LogP contribution in [-0.4, -0.2) is 34.6 Å². The fraction of sp³-hybridized carbons (Fsp3) is 0.320. The number of ketones is 1. The quantitative estimate of drug-likeness (QED) is 0.743. The minimum absolute atomic E-state index is 0.0871. The second-order valence-corrected chi connectivity index (χ2v) is 8.66. The van der Waals surface area contributed by atoms with Crippen molar-refractivity contribution < 1.29 is 14.4 Å². The van der Waals surface area contributed by atoms with Gasteiger partial charge in [0.1, 0.15) is 0 Å². The number of nitrogens with zero attached hydrogens (tertiary/aromatic N) is 2. The largest absolute Gasteiger partial charge is 0.293 e. The van der Waals surface area contributed by atoms with Crippen molar-refractivity contribution in [3.05, 3.63) is 76.9 Å². The van der Waals surface area contributed by atoms with E-state index >= 15 is 0 Å². The van der Waals surface area contributed by atoms with E-state index < -0.39 is 17.9 Å². The van der Waals surface area contributed by atoms with Gasteiger partial charge in [-0.1, -0.05) is 54.1 Å². The number of rotatable bonds is 3. The van der Waals surface area contributed by atoms with Crippen molar-refractivity contribution in [2.45, 2.75) is 39.4 Å². The molecule has 2 fully saturated rings. The van der Waals surface area contributed by atoms with Crippen molar-refractivity contribution in [2.24, 2.45) is 11.8 Å². The Morgan fingerprint density at radius 2 is 1.53 bits per heavy atom. The molecule has 5 rings (SSSR count). The number of hydrogen-bond donors (Lipinski definition) is 0. The van der Waals surface area contributed by atoms with Crippen LogP contribution in [-0.2, 0) is 20.9 Å². The van der Waals surface area contributed by atoms with E-state index in [1.165, 1.54) is 4.90 Å². The lowest BCUT2D eigenvalue weighted by Crippen LogP contribution is -2.49. The molecule has 3 aliphatic heterocycles. The summed E-state index contributed by atoms with van der Waals surface area (Å²) in [5.41, 5.74) is 4.68. The van der Waals surface area contributed by atoms with Crippen LogP contribution in [0.15, 0.2) is 54.6 Å². The normalized spacial score (nSPS) is 27.8. The molecule has 3 heterocycles. The first kappa shape index (κ1) is 18.9. The zero-order chi connectivity index (χ0) is 21.2. The molecule has 152 valence electrons. The van der Waals surface area contributed by atoms with Gasteiger partial charge in [-0.15, -0.1) is 0 Å². The Morgan fingerprint density at radius 1 is 0.867 bits per heavy atom. The lowest BCUT2D eigenvalue weighted by Gasteiger charge is -2.33. The Balaban J connectivity index is 1.54. The third-order valence-electron chi connectivity index (χ3n) is 6.71. The van der Waals surface area contributed by atoms with E-state index in [-0.39, 0.29) is 23.6 Å². The molecular formula is C25H24N2O3.